The van der Waals surface area contributed by atoms with Crippen LogP contribution in [0.5, 0.6) is 0 Å². The van der Waals surface area contributed by atoms with Crippen molar-refractivity contribution in [3.8, 4) is 0 Å². The van der Waals surface area contributed by atoms with Gasteiger partial charge < -0.3 is 5.11 Å². The fourth-order valence-electron chi connectivity index (χ4n) is 1.76. The van der Waals surface area contributed by atoms with Crippen LogP contribution in [0.3, 0.4) is 0 Å². The molecule has 20 heavy (non-hydrogen) atoms. The normalized spacial score (nSPS) is 11.5. The Labute approximate surface area is 130 Å². The van der Waals surface area contributed by atoms with E-state index in [0.29, 0.717) is 6.42 Å². The maximum atomic E-state index is 11.7. The molecule has 0 unspecified atom stereocenters. The molecule has 0 saturated heterocycles. The molecule has 0 radical (unpaired) electrons. The standard InChI is InChI=1S/C13H12O.C5H5.Fe/c14-13(12-8-4-5-9-12)10-11-6-2-1-3-7-11;1-2-4-5-3-1;/h1-9,14H,10H2;1-5H;/q;-1;+2/p-1. The molecule has 0 atom stereocenters. The van der Waals surface area contributed by atoms with Crippen LogP contribution in [-0.2, 0) is 23.5 Å². The van der Waals surface area contributed by atoms with Gasteiger partial charge in [0.2, 0.25) is 0 Å². The second kappa shape index (κ2) is 9.08. The molecule has 2 heteroatoms. The minimum absolute atomic E-state index is 0. The summed E-state index contributed by atoms with van der Waals surface area (Å²) in [6.07, 6.45) is 7.97. The van der Waals surface area contributed by atoms with E-state index < -0.39 is 0 Å². The van der Waals surface area contributed by atoms with E-state index in [0.717, 1.165) is 11.1 Å². The van der Waals surface area contributed by atoms with Crippen molar-refractivity contribution in [3.05, 3.63) is 102 Å². The fourth-order valence-corrected chi connectivity index (χ4v) is 1.76. The molecular weight excluding hydrogens is 288 g/mol. The Kier molecular flexibility index (Phi) is 7.34. The molecular formula is C18H16FeO. The van der Waals surface area contributed by atoms with Crippen LogP contribution in [0.15, 0.2) is 96.3 Å². The molecule has 0 aliphatic heterocycles. The van der Waals surface area contributed by atoms with Gasteiger partial charge in [-0.1, -0.05) is 54.6 Å². The molecule has 0 heterocycles. The molecule has 1 aliphatic rings. The van der Waals surface area contributed by atoms with Crippen LogP contribution in [0, 0.1) is 0 Å². The van der Waals surface area contributed by atoms with Crippen molar-refractivity contribution in [3.63, 3.8) is 0 Å². The monoisotopic (exact) mass is 304 g/mol. The molecule has 2 aromatic rings. The summed E-state index contributed by atoms with van der Waals surface area (Å²) in [5.74, 6) is 0.182. The van der Waals surface area contributed by atoms with Gasteiger partial charge in [-0.05, 0) is 17.6 Å². The van der Waals surface area contributed by atoms with E-state index in [1.165, 1.54) is 0 Å². The second-order valence-electron chi connectivity index (χ2n) is 4.22. The molecule has 0 saturated carbocycles. The zero-order valence-corrected chi connectivity index (χ0v) is 12.2. The van der Waals surface area contributed by atoms with Crippen LogP contribution in [0.1, 0.15) is 5.56 Å². The quantitative estimate of drug-likeness (QED) is 0.474. The number of benzene rings is 1. The van der Waals surface area contributed by atoms with Crippen LogP contribution in [-0.4, -0.2) is 0 Å². The zero-order chi connectivity index (χ0) is 13.3. The van der Waals surface area contributed by atoms with E-state index in [-0.39, 0.29) is 22.8 Å². The Balaban J connectivity index is 0.000000283. The summed E-state index contributed by atoms with van der Waals surface area (Å²) in [6.45, 7) is 0. The first kappa shape index (κ1) is 16.2. The van der Waals surface area contributed by atoms with E-state index in [9.17, 15) is 5.11 Å². The van der Waals surface area contributed by atoms with E-state index in [4.69, 9.17) is 0 Å². The molecule has 3 rings (SSSR count). The number of hydrogen-bond acceptors (Lipinski definition) is 1. The van der Waals surface area contributed by atoms with Crippen LogP contribution in [0.2, 0.25) is 0 Å². The second-order valence-corrected chi connectivity index (χ2v) is 4.22. The Hall–Kier alpha value is -1.89. The van der Waals surface area contributed by atoms with Crippen molar-refractivity contribution in [1.82, 2.24) is 0 Å². The summed E-state index contributed by atoms with van der Waals surface area (Å²) >= 11 is 0. The first-order valence-electron chi connectivity index (χ1n) is 6.32. The zero-order valence-electron chi connectivity index (χ0n) is 11.1. The largest absolute Gasteiger partial charge is 2.00 e. The maximum Gasteiger partial charge on any atom is 2.00 e. The summed E-state index contributed by atoms with van der Waals surface area (Å²) in [6, 6.07) is 19.8. The number of allylic oxidation sites excluding steroid dienone is 6. The van der Waals surface area contributed by atoms with Crippen molar-refractivity contribution in [1.29, 1.82) is 0 Å². The van der Waals surface area contributed by atoms with Crippen molar-refractivity contribution >= 4 is 0 Å². The van der Waals surface area contributed by atoms with Crippen LogP contribution in [0.4, 0.5) is 0 Å². The Morgan fingerprint density at radius 2 is 1.50 bits per heavy atom. The smallest absolute Gasteiger partial charge is 0.875 e. The summed E-state index contributed by atoms with van der Waals surface area (Å²) in [4.78, 5) is 0. The van der Waals surface area contributed by atoms with Gasteiger partial charge in [-0.3, -0.25) is 0 Å². The Bertz CT molecular complexity index is 532. The first-order chi connectivity index (χ1) is 9.36. The summed E-state index contributed by atoms with van der Waals surface area (Å²) in [5.41, 5.74) is 1.87. The maximum absolute atomic E-state index is 11.7. The fraction of sp³-hybridized carbons (Fsp3) is 0.0556. The summed E-state index contributed by atoms with van der Waals surface area (Å²) < 4.78 is 0. The summed E-state index contributed by atoms with van der Waals surface area (Å²) in [5, 5.41) is 11.7. The van der Waals surface area contributed by atoms with Crippen molar-refractivity contribution in [2.75, 3.05) is 0 Å². The van der Waals surface area contributed by atoms with Crippen molar-refractivity contribution < 1.29 is 22.2 Å². The Morgan fingerprint density at radius 1 is 0.900 bits per heavy atom. The minimum atomic E-state index is 0. The Morgan fingerprint density at radius 3 is 2.00 bits per heavy atom. The first-order valence-corrected chi connectivity index (χ1v) is 6.32. The van der Waals surface area contributed by atoms with Crippen molar-refractivity contribution in [2.45, 2.75) is 6.42 Å². The molecule has 0 fully saturated rings. The van der Waals surface area contributed by atoms with E-state index in [2.05, 4.69) is 0 Å². The predicted molar refractivity (Wildman–Crippen MR) is 77.5 cm³/mol. The van der Waals surface area contributed by atoms with Gasteiger partial charge in [0.25, 0.3) is 0 Å². The molecule has 1 nitrogen and oxygen atoms in total. The third-order valence-electron chi connectivity index (χ3n) is 2.75. The molecule has 2 aromatic carbocycles. The van der Waals surface area contributed by atoms with Gasteiger partial charge in [0, 0.05) is 0 Å². The predicted octanol–water partition coefficient (Wildman–Crippen LogP) is 3.37. The molecule has 0 N–H and O–H groups in total. The molecule has 0 bridgehead atoms. The third-order valence-corrected chi connectivity index (χ3v) is 2.75. The molecule has 102 valence electrons. The topological polar surface area (TPSA) is 23.1 Å². The van der Waals surface area contributed by atoms with Crippen LogP contribution >= 0.6 is 0 Å². The van der Waals surface area contributed by atoms with E-state index in [1.54, 1.807) is 0 Å². The minimum Gasteiger partial charge on any atom is -0.875 e. The van der Waals surface area contributed by atoms with Gasteiger partial charge in [-0.25, -0.2) is 12.1 Å². The molecule has 0 spiro atoms. The van der Waals surface area contributed by atoms with Gasteiger partial charge in [0.1, 0.15) is 0 Å². The average molecular weight is 304 g/mol. The molecule has 0 aromatic heterocycles. The van der Waals surface area contributed by atoms with E-state index >= 15 is 0 Å². The molecule has 0 amide bonds. The van der Waals surface area contributed by atoms with Gasteiger partial charge >= 0.3 is 17.1 Å². The van der Waals surface area contributed by atoms with Gasteiger partial charge in [-0.2, -0.15) is 18.2 Å². The van der Waals surface area contributed by atoms with Gasteiger partial charge in [0.15, 0.2) is 0 Å². The summed E-state index contributed by atoms with van der Waals surface area (Å²) in [7, 11) is 0. The molecule has 1 aliphatic carbocycles. The van der Waals surface area contributed by atoms with Crippen LogP contribution < -0.4 is 5.11 Å². The number of rotatable bonds is 2. The van der Waals surface area contributed by atoms with Gasteiger partial charge in [-0.15, -0.1) is 5.76 Å². The van der Waals surface area contributed by atoms with E-state index in [1.807, 2.05) is 85.0 Å². The van der Waals surface area contributed by atoms with Crippen LogP contribution in [0.25, 0.3) is 0 Å². The third kappa shape index (κ3) is 5.39. The van der Waals surface area contributed by atoms with Crippen molar-refractivity contribution in [2.24, 2.45) is 0 Å². The SMILES string of the molecule is [Fe+2].[O-]C(Cc1ccccc1)=C1C=CC=C1.c1cc[cH-]c1. The van der Waals surface area contributed by atoms with Gasteiger partial charge in [0.05, 0.1) is 0 Å². The number of hydrogen-bond donors (Lipinski definition) is 0. The average Bonchev–Trinajstić information content (AvgIpc) is 3.16.